The Morgan fingerprint density at radius 1 is 1.22 bits per heavy atom. The van der Waals surface area contributed by atoms with E-state index >= 15 is 0 Å². The van der Waals surface area contributed by atoms with Gasteiger partial charge in [-0.3, -0.25) is 10.1 Å². The number of fused-ring (bicyclic) bond motifs is 4. The van der Waals surface area contributed by atoms with Gasteiger partial charge < -0.3 is 25.1 Å². The van der Waals surface area contributed by atoms with Crippen LogP contribution in [0.2, 0.25) is 5.02 Å². The summed E-state index contributed by atoms with van der Waals surface area (Å²) in [5.41, 5.74) is 3.27. The molecule has 2 aromatic carbocycles. The minimum Gasteiger partial charge on any atom is -0.493 e. The van der Waals surface area contributed by atoms with Gasteiger partial charge in [0.2, 0.25) is 5.91 Å². The number of amides is 2. The highest BCUT2D eigenvalue weighted by Crippen LogP contribution is 2.33. The van der Waals surface area contributed by atoms with Gasteiger partial charge in [-0.25, -0.2) is 9.78 Å². The quantitative estimate of drug-likeness (QED) is 0.260. The molecule has 212 valence electrons. The highest BCUT2D eigenvalue weighted by atomic mass is 35.5. The second-order valence-electron chi connectivity index (χ2n) is 9.11. The Labute approximate surface area is 240 Å². The van der Waals surface area contributed by atoms with Crippen molar-refractivity contribution in [1.29, 1.82) is 0 Å². The summed E-state index contributed by atoms with van der Waals surface area (Å²) in [5.74, 6) is 0.838. The number of benzene rings is 2. The lowest BCUT2D eigenvalue weighted by atomic mass is 10.1. The number of rotatable bonds is 5. The van der Waals surface area contributed by atoms with E-state index in [-0.39, 0.29) is 5.91 Å². The maximum absolute atomic E-state index is 13.1. The average Bonchev–Trinajstić information content (AvgIpc) is 3.68. The number of hydrogen-bond donors (Lipinski definition) is 4. The molecule has 2 amide bonds. The van der Waals surface area contributed by atoms with Crippen LogP contribution in [-0.2, 0) is 9.53 Å². The van der Waals surface area contributed by atoms with Gasteiger partial charge in [-0.2, -0.15) is 4.68 Å². The molecule has 0 aliphatic carbocycles. The van der Waals surface area contributed by atoms with Gasteiger partial charge in [0.25, 0.3) is 0 Å². The van der Waals surface area contributed by atoms with Crippen molar-refractivity contribution < 1.29 is 19.1 Å². The number of halogens is 1. The Morgan fingerprint density at radius 2 is 2.12 bits per heavy atom. The first-order valence-electron chi connectivity index (χ1n) is 12.9. The molecule has 4 aromatic rings. The third-order valence-corrected chi connectivity index (χ3v) is 6.52. The smallest absolute Gasteiger partial charge is 0.411 e. The van der Waals surface area contributed by atoms with Crippen LogP contribution >= 0.6 is 11.6 Å². The van der Waals surface area contributed by atoms with Crippen LogP contribution in [0.4, 0.5) is 10.5 Å². The molecule has 0 saturated heterocycles. The Balaban J connectivity index is 1.37. The van der Waals surface area contributed by atoms with Crippen LogP contribution in [0.5, 0.6) is 5.75 Å². The van der Waals surface area contributed by atoms with E-state index in [0.717, 1.165) is 24.9 Å². The number of aromatic nitrogens is 6. The van der Waals surface area contributed by atoms with Gasteiger partial charge in [0.05, 0.1) is 31.1 Å². The van der Waals surface area contributed by atoms with Crippen LogP contribution in [0.3, 0.4) is 0 Å². The lowest BCUT2D eigenvalue weighted by Gasteiger charge is -2.16. The third-order valence-electron chi connectivity index (χ3n) is 6.29. The maximum atomic E-state index is 13.1. The lowest BCUT2D eigenvalue weighted by molar-refractivity contribution is -0.117. The summed E-state index contributed by atoms with van der Waals surface area (Å²) in [5, 5.41) is 20.9. The van der Waals surface area contributed by atoms with Crippen LogP contribution in [0, 0.1) is 0 Å². The Hall–Kier alpha value is -4.75. The normalized spacial score (nSPS) is 15.5. The zero-order valence-corrected chi connectivity index (χ0v) is 22.9. The largest absolute Gasteiger partial charge is 0.493 e. The molecule has 1 atom stereocenters. The summed E-state index contributed by atoms with van der Waals surface area (Å²) < 4.78 is 12.2. The number of H-pyrrole nitrogens is 1. The van der Waals surface area contributed by atoms with Crippen LogP contribution in [0.15, 0.2) is 55.0 Å². The van der Waals surface area contributed by atoms with Gasteiger partial charge in [-0.15, -0.1) is 5.10 Å². The van der Waals surface area contributed by atoms with Crippen molar-refractivity contribution in [2.24, 2.45) is 0 Å². The monoisotopic (exact) mass is 577 g/mol. The fourth-order valence-corrected chi connectivity index (χ4v) is 4.45. The highest BCUT2D eigenvalue weighted by molar-refractivity contribution is 6.30. The molecular formula is C27H28ClN9O4. The van der Waals surface area contributed by atoms with Gasteiger partial charge in [0.15, 0.2) is 0 Å². The van der Waals surface area contributed by atoms with Crippen molar-refractivity contribution in [2.45, 2.75) is 18.9 Å². The number of anilines is 1. The van der Waals surface area contributed by atoms with Crippen LogP contribution in [0.1, 0.15) is 30.3 Å². The topological polar surface area (TPSA) is 161 Å². The number of carbonyl (C=O) groups is 2. The van der Waals surface area contributed by atoms with Crippen molar-refractivity contribution >= 4 is 35.4 Å². The molecule has 1 aliphatic rings. The number of nitrogens with one attached hydrogen (secondary N) is 4. The molecule has 1 unspecified atom stereocenters. The van der Waals surface area contributed by atoms with Crippen LogP contribution in [0.25, 0.3) is 23.0 Å². The minimum atomic E-state index is -0.572. The molecule has 0 radical (unpaired) electrons. The Kier molecular flexibility index (Phi) is 8.86. The molecule has 0 fully saturated rings. The molecule has 13 nitrogen and oxygen atoms in total. The fraction of sp³-hybridized carbons (Fsp3) is 0.259. The first-order valence-corrected chi connectivity index (χ1v) is 13.3. The number of nitrogens with zero attached hydrogens (tertiary/aromatic N) is 5. The Bertz CT molecular complexity index is 1540. The number of hydrogen-bond acceptors (Lipinski definition) is 9. The van der Waals surface area contributed by atoms with Gasteiger partial charge >= 0.3 is 6.09 Å². The van der Waals surface area contributed by atoms with Crippen molar-refractivity contribution in [2.75, 3.05) is 32.1 Å². The standard InChI is InChI=1S/C27H28ClN9O4/c1-40-27(39)32-19-6-7-20-21-15-30-26(34-21)22(14-29-10-2-3-11-41-24(20)13-19)33-25(38)9-4-17-12-18(28)5-8-23(17)37-16-31-35-36-37/h4-9,12-13,15-16,22,29H,2-3,10-11,14H2,1H3,(H,30,34)(H,32,39)(H,33,38). The van der Waals surface area contributed by atoms with E-state index in [1.807, 2.05) is 6.07 Å². The number of carbonyl (C=O) groups excluding carboxylic acids is 2. The van der Waals surface area contributed by atoms with Crippen molar-refractivity contribution in [3.05, 3.63) is 71.4 Å². The van der Waals surface area contributed by atoms with Crippen molar-refractivity contribution in [1.82, 2.24) is 40.8 Å². The summed E-state index contributed by atoms with van der Waals surface area (Å²) in [6.45, 7) is 1.69. The van der Waals surface area contributed by atoms with Crippen molar-refractivity contribution in [3.63, 3.8) is 0 Å². The number of tetrazole rings is 1. The summed E-state index contributed by atoms with van der Waals surface area (Å²) in [4.78, 5) is 32.7. The molecule has 2 aromatic heterocycles. The molecule has 3 heterocycles. The van der Waals surface area contributed by atoms with E-state index in [0.29, 0.717) is 52.4 Å². The van der Waals surface area contributed by atoms with E-state index in [1.54, 1.807) is 42.6 Å². The molecule has 0 saturated carbocycles. The number of ether oxygens (including phenoxy) is 2. The second-order valence-corrected chi connectivity index (χ2v) is 9.55. The molecule has 1 aliphatic heterocycles. The van der Waals surface area contributed by atoms with Gasteiger partial charge in [0.1, 0.15) is 17.9 Å². The van der Waals surface area contributed by atoms with Crippen LogP contribution < -0.4 is 20.7 Å². The minimum absolute atomic E-state index is 0.316. The molecule has 4 N–H and O–H groups in total. The van der Waals surface area contributed by atoms with Crippen molar-refractivity contribution in [3.8, 4) is 22.7 Å². The SMILES string of the molecule is COC(=O)Nc1ccc2c(c1)OCCCCNCC(NC(=O)C=Cc1cc(Cl)ccc1-n1cnnn1)c1nc-2c[nH]1. The highest BCUT2D eigenvalue weighted by Gasteiger charge is 2.20. The van der Waals surface area contributed by atoms with E-state index in [9.17, 15) is 9.59 Å². The van der Waals surface area contributed by atoms with E-state index in [2.05, 4.69) is 36.5 Å². The molecule has 0 spiro atoms. The van der Waals surface area contributed by atoms with Gasteiger partial charge in [0, 0.05) is 46.7 Å². The maximum Gasteiger partial charge on any atom is 0.411 e. The summed E-state index contributed by atoms with van der Waals surface area (Å²) in [6, 6.07) is 10.1. The average molecular weight is 578 g/mol. The first kappa shape index (κ1) is 27.8. The number of methoxy groups -OCH3 is 1. The first-order chi connectivity index (χ1) is 20.0. The third kappa shape index (κ3) is 7.07. The predicted molar refractivity (Wildman–Crippen MR) is 152 cm³/mol. The zero-order valence-electron chi connectivity index (χ0n) is 22.1. The number of aromatic amines is 1. The molecule has 41 heavy (non-hydrogen) atoms. The Morgan fingerprint density at radius 3 is 2.95 bits per heavy atom. The zero-order chi connectivity index (χ0) is 28.6. The van der Waals surface area contributed by atoms with Gasteiger partial charge in [-0.05, 0) is 66.2 Å². The van der Waals surface area contributed by atoms with E-state index in [4.69, 9.17) is 26.1 Å². The van der Waals surface area contributed by atoms with E-state index < -0.39 is 12.1 Å². The van der Waals surface area contributed by atoms with E-state index in [1.165, 1.54) is 24.2 Å². The van der Waals surface area contributed by atoms with Crippen LogP contribution in [-0.4, -0.2) is 69.0 Å². The molecule has 14 heteroatoms. The second kappa shape index (κ2) is 13.1. The molecule has 2 bridgehead atoms. The lowest BCUT2D eigenvalue weighted by Crippen LogP contribution is -2.36. The summed E-state index contributed by atoms with van der Waals surface area (Å²) in [6.07, 6.45) is 7.43. The molecule has 5 rings (SSSR count). The summed E-state index contributed by atoms with van der Waals surface area (Å²) in [7, 11) is 1.30. The summed E-state index contributed by atoms with van der Waals surface area (Å²) >= 11 is 6.20. The predicted octanol–water partition coefficient (Wildman–Crippen LogP) is 3.52. The van der Waals surface area contributed by atoms with Gasteiger partial charge in [-0.1, -0.05) is 11.6 Å². The number of imidazole rings is 1. The fourth-order valence-electron chi connectivity index (χ4n) is 4.27. The molecular weight excluding hydrogens is 550 g/mol.